The fourth-order valence-electron chi connectivity index (χ4n) is 3.73. The molecule has 1 fully saturated rings. The van der Waals surface area contributed by atoms with E-state index in [2.05, 4.69) is 48.8 Å². The van der Waals surface area contributed by atoms with E-state index in [1.165, 1.54) is 36.8 Å². The van der Waals surface area contributed by atoms with Gasteiger partial charge in [-0.15, -0.1) is 24.0 Å². The van der Waals surface area contributed by atoms with E-state index in [0.717, 1.165) is 56.4 Å². The molecule has 29 heavy (non-hydrogen) atoms. The molecule has 1 saturated carbocycles. The second-order valence-corrected chi connectivity index (χ2v) is 7.69. The fraction of sp³-hybridized carbons (Fsp3) is 0.609. The number of hydrogen-bond donors (Lipinski definition) is 2. The molecule has 0 radical (unpaired) electrons. The molecule has 1 aliphatic carbocycles. The number of aryl methyl sites for hydroxylation is 1. The van der Waals surface area contributed by atoms with E-state index in [4.69, 9.17) is 14.5 Å². The smallest absolute Gasteiger partial charge is 0.191 e. The summed E-state index contributed by atoms with van der Waals surface area (Å²) in [5.41, 5.74) is 3.86. The van der Waals surface area contributed by atoms with Crippen LogP contribution in [0.25, 0.3) is 0 Å². The molecule has 1 aliphatic heterocycles. The lowest BCUT2D eigenvalue weighted by Crippen LogP contribution is -2.38. The van der Waals surface area contributed by atoms with E-state index in [1.54, 1.807) is 0 Å². The van der Waals surface area contributed by atoms with Gasteiger partial charge in [-0.3, -0.25) is 0 Å². The molecule has 0 unspecified atom stereocenters. The van der Waals surface area contributed by atoms with Crippen LogP contribution in [0, 0.1) is 6.92 Å². The summed E-state index contributed by atoms with van der Waals surface area (Å²) in [7, 11) is 0. The van der Waals surface area contributed by atoms with Crippen LogP contribution in [-0.2, 0) is 11.3 Å². The minimum atomic E-state index is 0. The van der Waals surface area contributed by atoms with Crippen LogP contribution in [0.3, 0.4) is 0 Å². The summed E-state index contributed by atoms with van der Waals surface area (Å²) in [6.07, 6.45) is 9.54. The summed E-state index contributed by atoms with van der Waals surface area (Å²) in [6.45, 7) is 8.16. The molecule has 5 nitrogen and oxygen atoms in total. The third kappa shape index (κ3) is 8.16. The Morgan fingerprint density at radius 1 is 1.24 bits per heavy atom. The molecule has 1 aromatic rings. The standard InChI is InChI=1S/C23H35N3O2.HI/c1-3-24-23(25-13-10-19-11-14-27-15-12-19)26-17-20-9-8-18(2)16-22(20)28-21-6-4-5-7-21;/h8-9,11,16,21H,3-7,10,12-15,17H2,1-2H3,(H2,24,25,26);1H. The maximum atomic E-state index is 6.31. The lowest BCUT2D eigenvalue weighted by Gasteiger charge is -2.17. The van der Waals surface area contributed by atoms with Crippen molar-refractivity contribution in [2.24, 2.45) is 4.99 Å². The van der Waals surface area contributed by atoms with Crippen molar-refractivity contribution in [3.05, 3.63) is 41.0 Å². The third-order valence-electron chi connectivity index (χ3n) is 5.37. The topological polar surface area (TPSA) is 54.9 Å². The number of rotatable bonds is 8. The monoisotopic (exact) mass is 513 g/mol. The van der Waals surface area contributed by atoms with Crippen molar-refractivity contribution in [1.29, 1.82) is 0 Å². The number of halogens is 1. The van der Waals surface area contributed by atoms with Gasteiger partial charge >= 0.3 is 0 Å². The Morgan fingerprint density at radius 3 is 2.79 bits per heavy atom. The summed E-state index contributed by atoms with van der Waals surface area (Å²) < 4.78 is 11.7. The number of guanidine groups is 1. The molecule has 162 valence electrons. The lowest BCUT2D eigenvalue weighted by atomic mass is 10.1. The van der Waals surface area contributed by atoms with Crippen LogP contribution in [0.5, 0.6) is 5.75 Å². The molecular formula is C23H36IN3O2. The molecule has 6 heteroatoms. The number of hydrogen-bond acceptors (Lipinski definition) is 3. The van der Waals surface area contributed by atoms with Crippen molar-refractivity contribution in [1.82, 2.24) is 10.6 Å². The number of aliphatic imine (C=N–C) groups is 1. The van der Waals surface area contributed by atoms with Crippen molar-refractivity contribution in [2.75, 3.05) is 26.3 Å². The van der Waals surface area contributed by atoms with Gasteiger partial charge in [-0.05, 0) is 64.0 Å². The van der Waals surface area contributed by atoms with Gasteiger partial charge in [0.2, 0.25) is 0 Å². The maximum Gasteiger partial charge on any atom is 0.191 e. The fourth-order valence-corrected chi connectivity index (χ4v) is 3.73. The predicted octanol–water partition coefficient (Wildman–Crippen LogP) is 4.73. The first-order valence-electron chi connectivity index (χ1n) is 10.8. The Balaban J connectivity index is 0.00000300. The van der Waals surface area contributed by atoms with E-state index in [9.17, 15) is 0 Å². The van der Waals surface area contributed by atoms with Gasteiger partial charge in [0.25, 0.3) is 0 Å². The normalized spacial score (nSPS) is 17.4. The highest BCUT2D eigenvalue weighted by molar-refractivity contribution is 14.0. The summed E-state index contributed by atoms with van der Waals surface area (Å²) in [5, 5.41) is 6.81. The highest BCUT2D eigenvalue weighted by Crippen LogP contribution is 2.28. The molecule has 0 atom stereocenters. The van der Waals surface area contributed by atoms with Gasteiger partial charge in [-0.2, -0.15) is 0 Å². The minimum Gasteiger partial charge on any atom is -0.490 e. The zero-order valence-corrected chi connectivity index (χ0v) is 20.2. The second kappa shape index (κ2) is 13.1. The molecule has 0 aromatic heterocycles. The van der Waals surface area contributed by atoms with Crippen LogP contribution < -0.4 is 15.4 Å². The molecule has 0 amide bonds. The van der Waals surface area contributed by atoms with Crippen LogP contribution in [0.1, 0.15) is 56.6 Å². The Kier molecular flexibility index (Phi) is 10.8. The van der Waals surface area contributed by atoms with E-state index in [0.29, 0.717) is 12.6 Å². The molecule has 0 saturated heterocycles. The first kappa shape index (κ1) is 24.0. The average molecular weight is 513 g/mol. The SMILES string of the molecule is CCNC(=NCc1ccc(C)cc1OC1CCCC1)NCCC1=CCOCC1.I. The van der Waals surface area contributed by atoms with Crippen molar-refractivity contribution in [3.63, 3.8) is 0 Å². The van der Waals surface area contributed by atoms with Crippen LogP contribution >= 0.6 is 24.0 Å². The van der Waals surface area contributed by atoms with Gasteiger partial charge in [0, 0.05) is 18.7 Å². The molecule has 1 heterocycles. The molecule has 1 aromatic carbocycles. The molecule has 3 rings (SSSR count). The maximum absolute atomic E-state index is 6.31. The zero-order valence-electron chi connectivity index (χ0n) is 17.8. The van der Waals surface area contributed by atoms with Gasteiger partial charge < -0.3 is 20.1 Å². The van der Waals surface area contributed by atoms with Gasteiger partial charge in [0.05, 0.1) is 25.9 Å². The van der Waals surface area contributed by atoms with Crippen molar-refractivity contribution in [3.8, 4) is 5.75 Å². The largest absolute Gasteiger partial charge is 0.490 e. The Hall–Kier alpha value is -1.28. The summed E-state index contributed by atoms with van der Waals surface area (Å²) in [6, 6.07) is 6.45. The van der Waals surface area contributed by atoms with E-state index in [-0.39, 0.29) is 24.0 Å². The van der Waals surface area contributed by atoms with Crippen LogP contribution in [0.15, 0.2) is 34.8 Å². The second-order valence-electron chi connectivity index (χ2n) is 7.69. The predicted molar refractivity (Wildman–Crippen MR) is 130 cm³/mol. The highest BCUT2D eigenvalue weighted by Gasteiger charge is 2.18. The number of benzene rings is 1. The summed E-state index contributed by atoms with van der Waals surface area (Å²) >= 11 is 0. The number of nitrogens with zero attached hydrogens (tertiary/aromatic N) is 1. The molecular weight excluding hydrogens is 477 g/mol. The molecule has 2 aliphatic rings. The minimum absolute atomic E-state index is 0. The van der Waals surface area contributed by atoms with Crippen molar-refractivity contribution >= 4 is 29.9 Å². The number of ether oxygens (including phenoxy) is 2. The van der Waals surface area contributed by atoms with Crippen LogP contribution in [0.4, 0.5) is 0 Å². The highest BCUT2D eigenvalue weighted by atomic mass is 127. The van der Waals surface area contributed by atoms with E-state index in [1.807, 2.05) is 0 Å². The molecule has 2 N–H and O–H groups in total. The van der Waals surface area contributed by atoms with Crippen LogP contribution in [-0.4, -0.2) is 38.4 Å². The van der Waals surface area contributed by atoms with Gasteiger partial charge in [0.1, 0.15) is 5.75 Å². The van der Waals surface area contributed by atoms with E-state index < -0.39 is 0 Å². The van der Waals surface area contributed by atoms with Gasteiger partial charge in [-0.25, -0.2) is 4.99 Å². The summed E-state index contributed by atoms with van der Waals surface area (Å²) in [4.78, 5) is 4.80. The average Bonchev–Trinajstić information content (AvgIpc) is 3.21. The van der Waals surface area contributed by atoms with Crippen LogP contribution in [0.2, 0.25) is 0 Å². The zero-order chi connectivity index (χ0) is 19.6. The van der Waals surface area contributed by atoms with Crippen molar-refractivity contribution < 1.29 is 9.47 Å². The molecule has 0 bridgehead atoms. The Morgan fingerprint density at radius 2 is 2.07 bits per heavy atom. The van der Waals surface area contributed by atoms with Gasteiger partial charge in [-0.1, -0.05) is 23.8 Å². The first-order chi connectivity index (χ1) is 13.7. The first-order valence-corrected chi connectivity index (χ1v) is 10.8. The number of nitrogens with one attached hydrogen (secondary N) is 2. The van der Waals surface area contributed by atoms with Gasteiger partial charge in [0.15, 0.2) is 5.96 Å². The Labute approximate surface area is 192 Å². The lowest BCUT2D eigenvalue weighted by molar-refractivity contribution is 0.153. The quantitative estimate of drug-likeness (QED) is 0.229. The summed E-state index contributed by atoms with van der Waals surface area (Å²) in [5.74, 6) is 1.86. The van der Waals surface area contributed by atoms with Crippen molar-refractivity contribution in [2.45, 2.75) is 65.0 Å². The van der Waals surface area contributed by atoms with E-state index >= 15 is 0 Å². The third-order valence-corrected chi connectivity index (χ3v) is 5.37. The molecule has 0 spiro atoms. The Bertz CT molecular complexity index is 685.